The van der Waals surface area contributed by atoms with E-state index in [0.717, 1.165) is 43.0 Å². The molecule has 1 fully saturated rings. The van der Waals surface area contributed by atoms with E-state index in [2.05, 4.69) is 11.9 Å². The second-order valence-corrected chi connectivity index (χ2v) is 8.53. The molecule has 2 aromatic rings. The highest BCUT2D eigenvalue weighted by molar-refractivity contribution is 7.74. The predicted molar refractivity (Wildman–Crippen MR) is 107 cm³/mol. The zero-order valence-corrected chi connectivity index (χ0v) is 16.5. The summed E-state index contributed by atoms with van der Waals surface area (Å²) in [6.07, 6.45) is 3.03. The Labute approximate surface area is 152 Å². The molecule has 0 radical (unpaired) electrons. The van der Waals surface area contributed by atoms with E-state index in [9.17, 15) is 4.57 Å². The van der Waals surface area contributed by atoms with Crippen molar-refractivity contribution < 1.29 is 9.09 Å². The SMILES string of the molecule is CC.CN1CCCC(OP(=O)(c2ccccc2)c2ccccc2)CC1. The van der Waals surface area contributed by atoms with Gasteiger partial charge < -0.3 is 9.42 Å². The fraction of sp³-hybridized carbons (Fsp3) is 0.429. The maximum atomic E-state index is 13.8. The van der Waals surface area contributed by atoms with Crippen molar-refractivity contribution in [2.24, 2.45) is 0 Å². The largest absolute Gasteiger partial charge is 0.319 e. The zero-order chi connectivity index (χ0) is 18.1. The first-order valence-corrected chi connectivity index (χ1v) is 10.9. The highest BCUT2D eigenvalue weighted by Crippen LogP contribution is 2.47. The van der Waals surface area contributed by atoms with Crippen LogP contribution in [-0.2, 0) is 9.09 Å². The van der Waals surface area contributed by atoms with Crippen LogP contribution in [0.5, 0.6) is 0 Å². The Morgan fingerprint density at radius 1 is 0.880 bits per heavy atom. The Bertz CT molecular complexity index is 617. The molecule has 1 aliphatic heterocycles. The first-order valence-electron chi connectivity index (χ1n) is 9.27. The lowest BCUT2D eigenvalue weighted by atomic mass is 10.2. The summed E-state index contributed by atoms with van der Waals surface area (Å²) >= 11 is 0. The molecule has 1 atom stereocenters. The topological polar surface area (TPSA) is 29.5 Å². The Balaban J connectivity index is 0.00000109. The summed E-state index contributed by atoms with van der Waals surface area (Å²) in [6.45, 7) is 6.08. The normalized spacial score (nSPS) is 18.8. The van der Waals surface area contributed by atoms with Gasteiger partial charge in [-0.15, -0.1) is 0 Å². The standard InChI is InChI=1S/C19H24NO2P.C2H6/c1-20-15-8-9-17(14-16-20)22-23(21,18-10-4-2-5-11-18)19-12-6-3-7-13-19;1-2/h2-7,10-13,17H,8-9,14-16H2,1H3;1-2H3. The van der Waals surface area contributed by atoms with Crippen molar-refractivity contribution in [3.8, 4) is 0 Å². The van der Waals surface area contributed by atoms with Gasteiger partial charge in [0.2, 0.25) is 0 Å². The Morgan fingerprint density at radius 3 is 1.92 bits per heavy atom. The van der Waals surface area contributed by atoms with Crippen LogP contribution in [0.3, 0.4) is 0 Å². The van der Waals surface area contributed by atoms with Crippen LogP contribution in [0, 0.1) is 0 Å². The zero-order valence-electron chi connectivity index (χ0n) is 15.6. The third-order valence-electron chi connectivity index (χ3n) is 4.39. The summed E-state index contributed by atoms with van der Waals surface area (Å²) in [6, 6.07) is 19.2. The average Bonchev–Trinajstić information content (AvgIpc) is 2.89. The minimum absolute atomic E-state index is 0.0474. The number of rotatable bonds is 4. The van der Waals surface area contributed by atoms with Crippen LogP contribution in [0.25, 0.3) is 0 Å². The third-order valence-corrected chi connectivity index (χ3v) is 6.94. The summed E-state index contributed by atoms with van der Waals surface area (Å²) in [5, 5.41) is 1.56. The molecule has 1 aliphatic rings. The fourth-order valence-corrected chi connectivity index (χ4v) is 5.35. The molecule has 0 aliphatic carbocycles. The summed E-state index contributed by atoms with van der Waals surface area (Å²) < 4.78 is 20.2. The van der Waals surface area contributed by atoms with Crippen LogP contribution in [0.2, 0.25) is 0 Å². The lowest BCUT2D eigenvalue weighted by molar-refractivity contribution is 0.193. The van der Waals surface area contributed by atoms with Gasteiger partial charge in [-0.05, 0) is 57.1 Å². The van der Waals surface area contributed by atoms with E-state index >= 15 is 0 Å². The molecule has 136 valence electrons. The minimum Gasteiger partial charge on any atom is -0.319 e. The van der Waals surface area contributed by atoms with Gasteiger partial charge in [0.05, 0.1) is 6.10 Å². The first-order chi connectivity index (χ1) is 12.2. The molecule has 1 unspecified atom stereocenters. The molecule has 0 aromatic heterocycles. The molecule has 25 heavy (non-hydrogen) atoms. The van der Waals surface area contributed by atoms with Crippen LogP contribution < -0.4 is 10.6 Å². The van der Waals surface area contributed by atoms with E-state index in [1.807, 2.05) is 74.5 Å². The maximum Gasteiger partial charge on any atom is 0.261 e. The first kappa shape index (κ1) is 19.9. The van der Waals surface area contributed by atoms with E-state index in [1.54, 1.807) is 0 Å². The number of nitrogens with zero attached hydrogens (tertiary/aromatic N) is 1. The van der Waals surface area contributed by atoms with Gasteiger partial charge >= 0.3 is 0 Å². The van der Waals surface area contributed by atoms with Crippen LogP contribution in [-0.4, -0.2) is 31.1 Å². The van der Waals surface area contributed by atoms with Crippen molar-refractivity contribution in [2.45, 2.75) is 39.2 Å². The number of hydrogen-bond acceptors (Lipinski definition) is 3. The number of benzene rings is 2. The molecule has 0 amide bonds. The van der Waals surface area contributed by atoms with E-state index in [1.165, 1.54) is 0 Å². The second-order valence-electron chi connectivity index (χ2n) is 6.18. The molecule has 3 nitrogen and oxygen atoms in total. The lowest BCUT2D eigenvalue weighted by Gasteiger charge is -2.25. The van der Waals surface area contributed by atoms with Gasteiger partial charge in [-0.25, -0.2) is 0 Å². The molecule has 0 N–H and O–H groups in total. The van der Waals surface area contributed by atoms with E-state index in [4.69, 9.17) is 4.52 Å². The fourth-order valence-electron chi connectivity index (χ4n) is 3.04. The Hall–Kier alpha value is -1.41. The average molecular weight is 359 g/mol. The van der Waals surface area contributed by atoms with Gasteiger partial charge in [-0.2, -0.15) is 0 Å². The van der Waals surface area contributed by atoms with Gasteiger partial charge in [-0.1, -0.05) is 50.2 Å². The van der Waals surface area contributed by atoms with Crippen molar-refractivity contribution in [3.63, 3.8) is 0 Å². The molecule has 0 spiro atoms. The summed E-state index contributed by atoms with van der Waals surface area (Å²) in [5.41, 5.74) is 0. The van der Waals surface area contributed by atoms with Crippen molar-refractivity contribution in [2.75, 3.05) is 20.1 Å². The van der Waals surface area contributed by atoms with Crippen molar-refractivity contribution in [1.82, 2.24) is 4.90 Å². The van der Waals surface area contributed by atoms with Gasteiger partial charge in [0, 0.05) is 17.2 Å². The highest BCUT2D eigenvalue weighted by atomic mass is 31.2. The molecule has 3 rings (SSSR count). The molecule has 1 saturated heterocycles. The minimum atomic E-state index is -3.05. The smallest absolute Gasteiger partial charge is 0.261 e. The molecule has 0 bridgehead atoms. The second kappa shape index (κ2) is 9.91. The van der Waals surface area contributed by atoms with E-state index < -0.39 is 7.37 Å². The molecule has 2 aromatic carbocycles. The van der Waals surface area contributed by atoms with E-state index in [0.29, 0.717) is 0 Å². The monoisotopic (exact) mass is 359 g/mol. The van der Waals surface area contributed by atoms with Crippen LogP contribution in [0.15, 0.2) is 60.7 Å². The predicted octanol–water partition coefficient (Wildman–Crippen LogP) is 4.44. The molecule has 0 saturated carbocycles. The van der Waals surface area contributed by atoms with Gasteiger partial charge in [-0.3, -0.25) is 4.57 Å². The van der Waals surface area contributed by atoms with Gasteiger partial charge in [0.15, 0.2) is 0 Å². The Morgan fingerprint density at radius 2 is 1.40 bits per heavy atom. The van der Waals surface area contributed by atoms with Crippen molar-refractivity contribution in [1.29, 1.82) is 0 Å². The van der Waals surface area contributed by atoms with Crippen LogP contribution in [0.1, 0.15) is 33.1 Å². The van der Waals surface area contributed by atoms with Crippen molar-refractivity contribution >= 4 is 18.0 Å². The highest BCUT2D eigenvalue weighted by Gasteiger charge is 2.32. The number of likely N-dealkylation sites (tertiary alicyclic amines) is 1. The number of hydrogen-bond donors (Lipinski definition) is 0. The summed E-state index contributed by atoms with van der Waals surface area (Å²) in [5.74, 6) is 0. The third kappa shape index (κ3) is 5.28. The molecule has 1 heterocycles. The van der Waals surface area contributed by atoms with Gasteiger partial charge in [0.1, 0.15) is 0 Å². The summed E-state index contributed by atoms with van der Waals surface area (Å²) in [7, 11) is -0.915. The lowest BCUT2D eigenvalue weighted by Crippen LogP contribution is -2.24. The quantitative estimate of drug-likeness (QED) is 0.756. The van der Waals surface area contributed by atoms with Crippen LogP contribution >= 0.6 is 7.37 Å². The van der Waals surface area contributed by atoms with Crippen LogP contribution in [0.4, 0.5) is 0 Å². The van der Waals surface area contributed by atoms with E-state index in [-0.39, 0.29) is 6.10 Å². The van der Waals surface area contributed by atoms with Gasteiger partial charge in [0.25, 0.3) is 7.37 Å². The summed E-state index contributed by atoms with van der Waals surface area (Å²) in [4.78, 5) is 2.32. The maximum absolute atomic E-state index is 13.8. The molecular formula is C21H30NO2P. The molecular weight excluding hydrogens is 329 g/mol. The molecule has 4 heteroatoms. The van der Waals surface area contributed by atoms with Crippen molar-refractivity contribution in [3.05, 3.63) is 60.7 Å². The Kier molecular flexibility index (Phi) is 7.90.